The molecule has 2 fully saturated rings. The van der Waals surface area contributed by atoms with Crippen LogP contribution in [0.5, 0.6) is 17.2 Å². The molecule has 0 radical (unpaired) electrons. The molecule has 0 spiro atoms. The zero-order chi connectivity index (χ0) is 34.5. The zero-order valence-corrected chi connectivity index (χ0v) is 29.7. The normalized spacial score (nSPS) is 21.1. The minimum Gasteiger partial charge on any atom is -0.487 e. The van der Waals surface area contributed by atoms with Crippen molar-refractivity contribution in [3.8, 4) is 17.2 Å². The number of ether oxygens (including phenoxy) is 7. The van der Waals surface area contributed by atoms with E-state index in [1.54, 1.807) is 17.4 Å². The van der Waals surface area contributed by atoms with E-state index in [0.717, 1.165) is 22.7 Å². The van der Waals surface area contributed by atoms with Gasteiger partial charge >= 0.3 is 6.09 Å². The second-order valence-electron chi connectivity index (χ2n) is 12.7. The van der Waals surface area contributed by atoms with E-state index in [1.807, 2.05) is 50.4 Å². The molecule has 0 unspecified atom stereocenters. The van der Waals surface area contributed by atoms with Gasteiger partial charge in [0.1, 0.15) is 18.5 Å². The molecule has 13 nitrogen and oxygen atoms in total. The molecular weight excluding hydrogens is 675 g/mol. The van der Waals surface area contributed by atoms with E-state index in [0.29, 0.717) is 36.9 Å². The highest BCUT2D eigenvalue weighted by Crippen LogP contribution is 2.35. The summed E-state index contributed by atoms with van der Waals surface area (Å²) in [6, 6.07) is 11.4. The molecule has 266 valence electrons. The maximum Gasteiger partial charge on any atom is 0.407 e. The summed E-state index contributed by atoms with van der Waals surface area (Å²) >= 11 is 1.57. The molecule has 0 saturated carbocycles. The first-order chi connectivity index (χ1) is 23.6. The largest absolute Gasteiger partial charge is 0.487 e. The maximum atomic E-state index is 14.1. The van der Waals surface area contributed by atoms with Gasteiger partial charge in [-0.3, -0.25) is 0 Å². The summed E-state index contributed by atoms with van der Waals surface area (Å²) in [6.45, 7) is 7.22. The number of benzene rings is 2. The minimum atomic E-state index is -4.00. The van der Waals surface area contributed by atoms with E-state index in [9.17, 15) is 13.2 Å². The SMILES string of the molecule is CO[C@H](CN(CC(C)C)S(=O)(=O)c1ccc2c(c1)OCO2)[C@H](Cc1ccc(OCc2csc(C)n2)cc1)NC(=O)O[C@H]1CO[C@H]2OCC[C@H]21. The predicted octanol–water partition coefficient (Wildman–Crippen LogP) is 4.52. The van der Waals surface area contributed by atoms with Crippen LogP contribution in [0.15, 0.2) is 52.7 Å². The summed E-state index contributed by atoms with van der Waals surface area (Å²) in [5.41, 5.74) is 1.74. The highest BCUT2D eigenvalue weighted by molar-refractivity contribution is 7.89. The van der Waals surface area contributed by atoms with E-state index in [2.05, 4.69) is 10.3 Å². The molecule has 6 rings (SSSR count). The Morgan fingerprint density at radius 2 is 1.90 bits per heavy atom. The van der Waals surface area contributed by atoms with Crippen molar-refractivity contribution in [2.45, 2.75) is 69.7 Å². The zero-order valence-electron chi connectivity index (χ0n) is 28.0. The molecule has 3 aliphatic rings. The van der Waals surface area contributed by atoms with Gasteiger partial charge in [0, 0.05) is 31.6 Å². The van der Waals surface area contributed by atoms with E-state index in [1.165, 1.54) is 23.5 Å². The van der Waals surface area contributed by atoms with Crippen LogP contribution in [0.3, 0.4) is 0 Å². The van der Waals surface area contributed by atoms with Gasteiger partial charge in [0.25, 0.3) is 0 Å². The Balaban J connectivity index is 1.20. The number of hydrogen-bond donors (Lipinski definition) is 1. The summed E-state index contributed by atoms with van der Waals surface area (Å²) in [7, 11) is -2.49. The Morgan fingerprint density at radius 1 is 1.10 bits per heavy atom. The number of hydrogen-bond acceptors (Lipinski definition) is 12. The second-order valence-corrected chi connectivity index (χ2v) is 15.7. The number of fused-ring (bicyclic) bond motifs is 2. The lowest BCUT2D eigenvalue weighted by Gasteiger charge is -2.33. The average molecular weight is 718 g/mol. The van der Waals surface area contributed by atoms with Gasteiger partial charge in [0.2, 0.25) is 16.8 Å². The third-order valence-corrected chi connectivity index (χ3v) is 11.3. The smallest absolute Gasteiger partial charge is 0.407 e. The fourth-order valence-electron chi connectivity index (χ4n) is 6.18. The minimum absolute atomic E-state index is 0.00217. The Kier molecular flexibility index (Phi) is 11.3. The van der Waals surface area contributed by atoms with Crippen LogP contribution in [0.1, 0.15) is 36.5 Å². The van der Waals surface area contributed by atoms with Crippen molar-refractivity contribution in [3.63, 3.8) is 0 Å². The molecule has 0 bridgehead atoms. The van der Waals surface area contributed by atoms with Crippen LogP contribution >= 0.6 is 11.3 Å². The summed E-state index contributed by atoms with van der Waals surface area (Å²) in [6.07, 6.45) is -1.13. The van der Waals surface area contributed by atoms with Gasteiger partial charge in [-0.05, 0) is 55.5 Å². The molecule has 0 aliphatic carbocycles. The second kappa shape index (κ2) is 15.6. The van der Waals surface area contributed by atoms with Crippen LogP contribution in [0.4, 0.5) is 4.79 Å². The third-order valence-electron chi connectivity index (χ3n) is 8.66. The lowest BCUT2D eigenvalue weighted by molar-refractivity contribution is -0.0907. The monoisotopic (exact) mass is 717 g/mol. The van der Waals surface area contributed by atoms with Crippen molar-refractivity contribution >= 4 is 27.5 Å². The number of aromatic nitrogens is 1. The van der Waals surface area contributed by atoms with Crippen molar-refractivity contribution in [1.82, 2.24) is 14.6 Å². The molecule has 15 heteroatoms. The molecule has 3 aromatic rings. The summed E-state index contributed by atoms with van der Waals surface area (Å²) in [4.78, 5) is 17.9. The molecule has 1 aromatic heterocycles. The number of nitrogens with one attached hydrogen (secondary N) is 1. The molecule has 5 atom stereocenters. The van der Waals surface area contributed by atoms with E-state index in [4.69, 9.17) is 33.2 Å². The molecule has 1 amide bonds. The Labute approximate surface area is 290 Å². The van der Waals surface area contributed by atoms with Gasteiger partial charge in [-0.1, -0.05) is 26.0 Å². The van der Waals surface area contributed by atoms with Crippen molar-refractivity contribution in [3.05, 3.63) is 64.1 Å². The predicted molar refractivity (Wildman–Crippen MR) is 179 cm³/mol. The van der Waals surface area contributed by atoms with Crippen molar-refractivity contribution in [1.29, 1.82) is 0 Å². The quantitative estimate of drug-likeness (QED) is 0.237. The highest BCUT2D eigenvalue weighted by Gasteiger charge is 2.44. The van der Waals surface area contributed by atoms with Crippen LogP contribution in [0.2, 0.25) is 0 Å². The Hall–Kier alpha value is -3.47. The number of carbonyl (C=O) groups excluding carboxylic acids is 1. The van der Waals surface area contributed by atoms with Gasteiger partial charge < -0.3 is 38.5 Å². The molecule has 2 aromatic carbocycles. The number of aryl methyl sites for hydroxylation is 1. The number of thiazole rings is 1. The van der Waals surface area contributed by atoms with Crippen LogP contribution in [0.25, 0.3) is 0 Å². The van der Waals surface area contributed by atoms with E-state index >= 15 is 0 Å². The van der Waals surface area contributed by atoms with Crippen LogP contribution in [-0.2, 0) is 42.0 Å². The van der Waals surface area contributed by atoms with Crippen LogP contribution < -0.4 is 19.5 Å². The van der Waals surface area contributed by atoms with Crippen molar-refractivity contribution in [2.24, 2.45) is 11.8 Å². The lowest BCUT2D eigenvalue weighted by Crippen LogP contribution is -2.52. The molecule has 2 saturated heterocycles. The standard InChI is InChI=1S/C34H43N3O10S2/c1-21(2)15-37(49(39,40)26-9-10-29-30(14-26)46-20-45-29)16-31(41-4)28(36-34(38)47-32-18-44-33-27(32)11-12-42-33)13-23-5-7-25(8-6-23)43-17-24-19-48-22(3)35-24/h5-10,14,19,21,27-28,31-33H,11-13,15-18,20H2,1-4H3,(H,36,38)/t27-,28-,31+,32-,33+/m0/s1. The number of carbonyl (C=O) groups is 1. The van der Waals surface area contributed by atoms with Crippen molar-refractivity contribution in [2.75, 3.05) is 40.2 Å². The van der Waals surface area contributed by atoms with Gasteiger partial charge in [0.15, 0.2) is 17.8 Å². The number of amides is 1. The summed E-state index contributed by atoms with van der Waals surface area (Å²) in [5.74, 6) is 1.51. The third kappa shape index (κ3) is 8.64. The molecule has 4 heterocycles. The molecular formula is C34H43N3O10S2. The van der Waals surface area contributed by atoms with Crippen LogP contribution in [0, 0.1) is 18.8 Å². The Bertz CT molecular complexity index is 1680. The maximum absolute atomic E-state index is 14.1. The van der Waals surface area contributed by atoms with Gasteiger partial charge in [-0.15, -0.1) is 11.3 Å². The summed E-state index contributed by atoms with van der Waals surface area (Å²) < 4.78 is 69.4. The van der Waals surface area contributed by atoms with Gasteiger partial charge in [-0.25, -0.2) is 18.2 Å². The number of sulfonamides is 1. The van der Waals surface area contributed by atoms with Gasteiger partial charge in [-0.2, -0.15) is 4.31 Å². The number of alkyl carbamates (subject to hydrolysis) is 1. The number of nitrogens with zero attached hydrogens (tertiary/aromatic N) is 2. The fraction of sp³-hybridized carbons (Fsp3) is 0.529. The number of methoxy groups -OCH3 is 1. The first kappa shape index (κ1) is 35.4. The first-order valence-corrected chi connectivity index (χ1v) is 18.7. The first-order valence-electron chi connectivity index (χ1n) is 16.3. The molecule has 3 aliphatic heterocycles. The topological polar surface area (TPSA) is 144 Å². The van der Waals surface area contributed by atoms with E-state index in [-0.39, 0.29) is 49.5 Å². The van der Waals surface area contributed by atoms with Gasteiger partial charge in [0.05, 0.1) is 46.9 Å². The molecule has 49 heavy (non-hydrogen) atoms. The number of rotatable bonds is 15. The van der Waals surface area contributed by atoms with E-state index < -0.39 is 34.4 Å². The highest BCUT2D eigenvalue weighted by atomic mass is 32.2. The Morgan fingerprint density at radius 3 is 2.63 bits per heavy atom. The lowest BCUT2D eigenvalue weighted by atomic mass is 10.0. The molecule has 1 N–H and O–H groups in total. The summed E-state index contributed by atoms with van der Waals surface area (Å²) in [5, 5.41) is 5.94. The van der Waals surface area contributed by atoms with Crippen LogP contribution in [-0.4, -0.2) is 88.5 Å². The fourth-order valence-corrected chi connectivity index (χ4v) is 8.41. The van der Waals surface area contributed by atoms with Crippen molar-refractivity contribution < 1.29 is 46.4 Å². The average Bonchev–Trinajstić information content (AvgIpc) is 3.89.